The Balaban J connectivity index is 1.81. The molecule has 0 atom stereocenters. The first kappa shape index (κ1) is 19.9. The second-order valence-electron chi connectivity index (χ2n) is 6.50. The van der Waals surface area contributed by atoms with E-state index in [1.807, 2.05) is 6.92 Å². The van der Waals surface area contributed by atoms with E-state index in [0.29, 0.717) is 40.0 Å². The van der Waals surface area contributed by atoms with Crippen molar-refractivity contribution in [3.05, 3.63) is 53.2 Å². The number of halogens is 2. The van der Waals surface area contributed by atoms with E-state index in [-0.39, 0.29) is 16.9 Å². The van der Waals surface area contributed by atoms with Crippen molar-refractivity contribution >= 4 is 45.1 Å². The van der Waals surface area contributed by atoms with Gasteiger partial charge < -0.3 is 19.4 Å². The number of aromatic nitrogens is 3. The highest BCUT2D eigenvalue weighted by Gasteiger charge is 2.19. The van der Waals surface area contributed by atoms with E-state index in [9.17, 15) is 9.18 Å². The van der Waals surface area contributed by atoms with Gasteiger partial charge in [0.05, 0.1) is 19.7 Å². The molecular weight excluding hydrogens is 411 g/mol. The van der Waals surface area contributed by atoms with Crippen LogP contribution in [-0.4, -0.2) is 34.7 Å². The summed E-state index contributed by atoms with van der Waals surface area (Å²) < 4.78 is 26.1. The van der Waals surface area contributed by atoms with Gasteiger partial charge in [0.25, 0.3) is 5.91 Å². The van der Waals surface area contributed by atoms with Crippen LogP contribution < -0.4 is 14.8 Å². The zero-order chi connectivity index (χ0) is 21.4. The largest absolute Gasteiger partial charge is 0.493 e. The van der Waals surface area contributed by atoms with Crippen molar-refractivity contribution in [1.29, 1.82) is 0 Å². The van der Waals surface area contributed by atoms with Crippen molar-refractivity contribution in [2.75, 3.05) is 19.5 Å². The Morgan fingerprint density at radius 1 is 1.13 bits per heavy atom. The van der Waals surface area contributed by atoms with Gasteiger partial charge in [-0.3, -0.25) is 4.79 Å². The summed E-state index contributed by atoms with van der Waals surface area (Å²) in [6.07, 6.45) is 0. The molecule has 2 heterocycles. The lowest BCUT2D eigenvalue weighted by Gasteiger charge is -2.13. The van der Waals surface area contributed by atoms with Crippen LogP contribution >= 0.6 is 11.6 Å². The molecular formula is C21H18ClFN4O3. The van der Waals surface area contributed by atoms with E-state index < -0.39 is 5.91 Å². The first-order valence-corrected chi connectivity index (χ1v) is 9.52. The summed E-state index contributed by atoms with van der Waals surface area (Å²) in [7, 11) is 3.03. The Labute approximate surface area is 176 Å². The molecule has 0 saturated carbocycles. The first-order valence-electron chi connectivity index (χ1n) is 9.14. The Morgan fingerprint density at radius 3 is 2.57 bits per heavy atom. The quantitative estimate of drug-likeness (QED) is 0.467. The fourth-order valence-electron chi connectivity index (χ4n) is 3.46. The Kier molecular flexibility index (Phi) is 5.17. The minimum absolute atomic E-state index is 0.0249. The number of nitrogens with zero attached hydrogens (tertiary/aromatic N) is 3. The van der Waals surface area contributed by atoms with Crippen LogP contribution in [0.5, 0.6) is 11.5 Å². The van der Waals surface area contributed by atoms with Gasteiger partial charge in [-0.1, -0.05) is 0 Å². The second kappa shape index (κ2) is 7.79. The van der Waals surface area contributed by atoms with Gasteiger partial charge >= 0.3 is 0 Å². The molecule has 9 heteroatoms. The van der Waals surface area contributed by atoms with Crippen LogP contribution in [0.15, 0.2) is 36.4 Å². The van der Waals surface area contributed by atoms with Crippen molar-refractivity contribution in [3.63, 3.8) is 0 Å². The predicted molar refractivity (Wildman–Crippen MR) is 113 cm³/mol. The highest BCUT2D eigenvalue weighted by molar-refractivity contribution is 6.29. The number of rotatable bonds is 5. The summed E-state index contributed by atoms with van der Waals surface area (Å²) in [5.41, 5.74) is 1.63. The molecule has 7 nitrogen and oxygen atoms in total. The minimum Gasteiger partial charge on any atom is -0.493 e. The summed E-state index contributed by atoms with van der Waals surface area (Å²) in [6, 6.07) is 9.39. The number of carbonyl (C=O) groups is 1. The summed E-state index contributed by atoms with van der Waals surface area (Å²) in [4.78, 5) is 21.5. The number of amides is 1. The SMILES string of the molecule is CCn1c(C(=O)Nc2nc(Cl)nc3cc(OC)c(OC)cc23)cc2cc(F)ccc21. The Hall–Kier alpha value is -3.39. The zero-order valence-corrected chi connectivity index (χ0v) is 17.2. The van der Waals surface area contributed by atoms with Crippen molar-refractivity contribution in [2.45, 2.75) is 13.5 Å². The fraction of sp³-hybridized carbons (Fsp3) is 0.190. The molecule has 0 aliphatic carbocycles. The molecule has 0 unspecified atom stereocenters. The van der Waals surface area contributed by atoms with Gasteiger partial charge in [0.1, 0.15) is 17.3 Å². The average molecular weight is 429 g/mol. The number of hydrogen-bond donors (Lipinski definition) is 1. The maximum absolute atomic E-state index is 13.6. The number of carbonyl (C=O) groups excluding carboxylic acids is 1. The summed E-state index contributed by atoms with van der Waals surface area (Å²) in [6.45, 7) is 2.45. The van der Waals surface area contributed by atoms with Crippen molar-refractivity contribution in [2.24, 2.45) is 0 Å². The maximum atomic E-state index is 13.6. The predicted octanol–water partition coefficient (Wildman–Crippen LogP) is 4.67. The molecule has 2 aromatic carbocycles. The number of benzene rings is 2. The van der Waals surface area contributed by atoms with Gasteiger partial charge in [0, 0.05) is 28.9 Å². The summed E-state index contributed by atoms with van der Waals surface area (Å²) in [5, 5.41) is 3.95. The van der Waals surface area contributed by atoms with Gasteiger partial charge in [0.15, 0.2) is 11.5 Å². The molecule has 4 aromatic rings. The van der Waals surface area contributed by atoms with Crippen molar-refractivity contribution < 1.29 is 18.7 Å². The lowest BCUT2D eigenvalue weighted by Crippen LogP contribution is -2.18. The van der Waals surface area contributed by atoms with Crippen molar-refractivity contribution in [1.82, 2.24) is 14.5 Å². The molecule has 0 fully saturated rings. The minimum atomic E-state index is -0.403. The average Bonchev–Trinajstić information content (AvgIpc) is 3.10. The highest BCUT2D eigenvalue weighted by atomic mass is 35.5. The Bertz CT molecular complexity index is 1290. The van der Waals surface area contributed by atoms with Crippen LogP contribution in [0.25, 0.3) is 21.8 Å². The summed E-state index contributed by atoms with van der Waals surface area (Å²) in [5.74, 6) is 0.404. The molecule has 0 aliphatic rings. The van der Waals surface area contributed by atoms with Gasteiger partial charge in [0.2, 0.25) is 5.28 Å². The molecule has 4 rings (SSSR count). The molecule has 154 valence electrons. The molecule has 30 heavy (non-hydrogen) atoms. The first-order chi connectivity index (χ1) is 14.4. The molecule has 0 aliphatic heterocycles. The van der Waals surface area contributed by atoms with Crippen LogP contribution in [0.1, 0.15) is 17.4 Å². The monoisotopic (exact) mass is 428 g/mol. The molecule has 0 bridgehead atoms. The number of nitrogens with one attached hydrogen (secondary N) is 1. The number of ether oxygens (including phenoxy) is 2. The topological polar surface area (TPSA) is 78.3 Å². The van der Waals surface area contributed by atoms with Crippen molar-refractivity contribution in [3.8, 4) is 11.5 Å². The second-order valence-corrected chi connectivity index (χ2v) is 6.83. The number of aryl methyl sites for hydroxylation is 1. The lowest BCUT2D eigenvalue weighted by atomic mass is 10.2. The third-order valence-electron chi connectivity index (χ3n) is 4.82. The third-order valence-corrected chi connectivity index (χ3v) is 4.99. The van der Waals surface area contributed by atoms with E-state index in [1.54, 1.807) is 28.8 Å². The van der Waals surface area contributed by atoms with Gasteiger partial charge in [-0.25, -0.2) is 9.37 Å². The molecule has 0 spiro atoms. The van der Waals surface area contributed by atoms with Gasteiger partial charge in [-0.2, -0.15) is 4.98 Å². The van der Waals surface area contributed by atoms with Gasteiger partial charge in [-0.15, -0.1) is 0 Å². The fourth-order valence-corrected chi connectivity index (χ4v) is 3.64. The summed E-state index contributed by atoms with van der Waals surface area (Å²) >= 11 is 6.07. The van der Waals surface area contributed by atoms with E-state index in [2.05, 4.69) is 15.3 Å². The smallest absolute Gasteiger partial charge is 0.273 e. The molecule has 1 amide bonds. The highest BCUT2D eigenvalue weighted by Crippen LogP contribution is 2.34. The lowest BCUT2D eigenvalue weighted by molar-refractivity contribution is 0.101. The van der Waals surface area contributed by atoms with Crippen LogP contribution in [-0.2, 0) is 6.54 Å². The van der Waals surface area contributed by atoms with E-state index in [0.717, 1.165) is 5.52 Å². The number of methoxy groups -OCH3 is 2. The number of anilines is 1. The molecule has 2 aromatic heterocycles. The zero-order valence-electron chi connectivity index (χ0n) is 16.5. The van der Waals surface area contributed by atoms with Gasteiger partial charge in [-0.05, 0) is 48.9 Å². The number of hydrogen-bond acceptors (Lipinski definition) is 5. The van der Waals surface area contributed by atoms with E-state index >= 15 is 0 Å². The van der Waals surface area contributed by atoms with E-state index in [1.165, 1.54) is 26.4 Å². The molecule has 0 saturated heterocycles. The van der Waals surface area contributed by atoms with Crippen LogP contribution in [0, 0.1) is 5.82 Å². The van der Waals surface area contributed by atoms with Crippen LogP contribution in [0.3, 0.4) is 0 Å². The van der Waals surface area contributed by atoms with Crippen LogP contribution in [0.4, 0.5) is 10.2 Å². The third kappa shape index (κ3) is 3.39. The molecule has 0 radical (unpaired) electrons. The van der Waals surface area contributed by atoms with Crippen LogP contribution in [0.2, 0.25) is 5.28 Å². The normalized spacial score (nSPS) is 11.1. The Morgan fingerprint density at radius 2 is 1.87 bits per heavy atom. The maximum Gasteiger partial charge on any atom is 0.273 e. The number of fused-ring (bicyclic) bond motifs is 2. The van der Waals surface area contributed by atoms with E-state index in [4.69, 9.17) is 21.1 Å². The standard InChI is InChI=1S/C21H18ClFN4O3/c1-4-27-15-6-5-12(23)7-11(15)8-16(27)20(28)25-19-13-9-17(29-2)18(30-3)10-14(13)24-21(22)26-19/h5-10H,4H2,1-3H3,(H,24,25,26,28). The molecule has 1 N–H and O–H groups in total.